The molecule has 2 aromatic rings. The number of aromatic nitrogens is 2. The molecule has 2 heterocycles. The van der Waals surface area contributed by atoms with E-state index >= 15 is 0 Å². The van der Waals surface area contributed by atoms with Gasteiger partial charge in [0.25, 0.3) is 0 Å². The van der Waals surface area contributed by atoms with Crippen LogP contribution < -0.4 is 20.7 Å². The molecule has 1 aromatic carbocycles. The molecule has 110 valence electrons. The lowest BCUT2D eigenvalue weighted by Crippen LogP contribution is -2.11. The molecule has 0 atom stereocenters. The maximum Gasteiger partial charge on any atom is 0.231 e. The minimum Gasteiger partial charge on any atom is -0.454 e. The maximum atomic E-state index is 6.20. The number of ether oxygens (including phenoxy) is 2. The number of nitrogen functional groups attached to an aromatic ring is 1. The fourth-order valence-electron chi connectivity index (χ4n) is 2.06. The summed E-state index contributed by atoms with van der Waals surface area (Å²) in [5.41, 5.74) is 4.20. The Bertz CT molecular complexity index is 691. The number of benzene rings is 1. The van der Waals surface area contributed by atoms with Crippen LogP contribution in [0.1, 0.15) is 25.5 Å². The van der Waals surface area contributed by atoms with Crippen LogP contribution in [0, 0.1) is 0 Å². The molecule has 6 nitrogen and oxygen atoms in total. The van der Waals surface area contributed by atoms with Crippen molar-refractivity contribution < 1.29 is 9.47 Å². The number of hydrogen-bond donors (Lipinski definition) is 2. The van der Waals surface area contributed by atoms with Crippen LogP contribution in [0.25, 0.3) is 11.4 Å². The van der Waals surface area contributed by atoms with Crippen molar-refractivity contribution in [3.8, 4) is 22.9 Å². The number of hydrogen-bond acceptors (Lipinski definition) is 6. The van der Waals surface area contributed by atoms with Gasteiger partial charge in [-0.3, -0.25) is 0 Å². The number of fused-ring (bicyclic) bond motifs is 1. The Kier molecular flexibility index (Phi) is 3.57. The topological polar surface area (TPSA) is 82.3 Å². The number of nitrogens with two attached hydrogens (primary N) is 1. The quantitative estimate of drug-likeness (QED) is 0.670. The Morgan fingerprint density at radius 2 is 2.05 bits per heavy atom. The van der Waals surface area contributed by atoms with Crippen molar-refractivity contribution in [1.29, 1.82) is 0 Å². The van der Waals surface area contributed by atoms with Gasteiger partial charge in [-0.1, -0.05) is 25.4 Å². The molecule has 21 heavy (non-hydrogen) atoms. The van der Waals surface area contributed by atoms with E-state index in [1.807, 2.05) is 12.1 Å². The Balaban J connectivity index is 2.12. The van der Waals surface area contributed by atoms with E-state index in [0.717, 1.165) is 11.3 Å². The molecule has 0 bridgehead atoms. The van der Waals surface area contributed by atoms with Crippen molar-refractivity contribution >= 4 is 17.4 Å². The van der Waals surface area contributed by atoms with Crippen LogP contribution >= 0.6 is 11.6 Å². The highest BCUT2D eigenvalue weighted by Gasteiger charge is 2.20. The van der Waals surface area contributed by atoms with Gasteiger partial charge in [-0.25, -0.2) is 15.8 Å². The normalized spacial score (nSPS) is 12.8. The second-order valence-electron chi connectivity index (χ2n) is 4.99. The molecule has 0 unspecified atom stereocenters. The SMILES string of the molecule is CC(C)c1cc(NN)nc(-c2cc(Cl)c3c(c2)OCO3)n1. The van der Waals surface area contributed by atoms with Crippen LogP contribution in [0.2, 0.25) is 5.02 Å². The van der Waals surface area contributed by atoms with Crippen molar-refractivity contribution in [2.24, 2.45) is 5.84 Å². The van der Waals surface area contributed by atoms with Crippen molar-refractivity contribution in [2.45, 2.75) is 19.8 Å². The van der Waals surface area contributed by atoms with E-state index in [2.05, 4.69) is 29.2 Å². The van der Waals surface area contributed by atoms with Gasteiger partial charge in [0.15, 0.2) is 17.3 Å². The Hall–Kier alpha value is -2.05. The molecule has 1 aliphatic heterocycles. The zero-order chi connectivity index (χ0) is 15.0. The zero-order valence-electron chi connectivity index (χ0n) is 11.7. The maximum absolute atomic E-state index is 6.20. The highest BCUT2D eigenvalue weighted by atomic mass is 35.5. The van der Waals surface area contributed by atoms with E-state index in [9.17, 15) is 0 Å². The molecule has 0 aliphatic carbocycles. The van der Waals surface area contributed by atoms with Crippen LogP contribution in [0.3, 0.4) is 0 Å². The van der Waals surface area contributed by atoms with E-state index in [4.69, 9.17) is 26.9 Å². The summed E-state index contributed by atoms with van der Waals surface area (Å²) in [7, 11) is 0. The lowest BCUT2D eigenvalue weighted by molar-refractivity contribution is 0.174. The highest BCUT2D eigenvalue weighted by Crippen LogP contribution is 2.41. The summed E-state index contributed by atoms with van der Waals surface area (Å²) in [5, 5.41) is 0.473. The smallest absolute Gasteiger partial charge is 0.231 e. The standard InChI is InChI=1S/C14H15ClN4O2/c1-7(2)10-5-12(19-16)18-14(17-10)8-3-9(15)13-11(4-8)20-6-21-13/h3-5,7H,6,16H2,1-2H3,(H,17,18,19). The van der Waals surface area contributed by atoms with Crippen molar-refractivity contribution in [3.63, 3.8) is 0 Å². The van der Waals surface area contributed by atoms with Gasteiger partial charge in [-0.2, -0.15) is 0 Å². The molecule has 1 aromatic heterocycles. The predicted molar refractivity (Wildman–Crippen MR) is 80.5 cm³/mol. The summed E-state index contributed by atoms with van der Waals surface area (Å²) in [5.74, 6) is 7.97. The summed E-state index contributed by atoms with van der Waals surface area (Å²) in [4.78, 5) is 8.92. The fourth-order valence-corrected chi connectivity index (χ4v) is 2.33. The molecular weight excluding hydrogens is 292 g/mol. The summed E-state index contributed by atoms with van der Waals surface area (Å²) >= 11 is 6.20. The molecule has 7 heteroatoms. The molecule has 3 rings (SSSR count). The number of nitrogens with one attached hydrogen (secondary N) is 1. The predicted octanol–water partition coefficient (Wildman–Crippen LogP) is 2.93. The van der Waals surface area contributed by atoms with E-state index in [0.29, 0.717) is 28.2 Å². The molecule has 3 N–H and O–H groups in total. The molecule has 0 saturated carbocycles. The number of nitrogens with zero attached hydrogens (tertiary/aromatic N) is 2. The van der Waals surface area contributed by atoms with E-state index in [1.165, 1.54) is 0 Å². The van der Waals surface area contributed by atoms with Gasteiger partial charge >= 0.3 is 0 Å². The zero-order valence-corrected chi connectivity index (χ0v) is 12.4. The van der Waals surface area contributed by atoms with Gasteiger partial charge in [0.05, 0.1) is 5.02 Å². The van der Waals surface area contributed by atoms with E-state index < -0.39 is 0 Å². The molecule has 0 fully saturated rings. The van der Waals surface area contributed by atoms with Gasteiger partial charge < -0.3 is 14.9 Å². The Labute approximate surface area is 127 Å². The lowest BCUT2D eigenvalue weighted by Gasteiger charge is -2.11. The summed E-state index contributed by atoms with van der Waals surface area (Å²) in [6.45, 7) is 4.28. The molecular formula is C14H15ClN4O2. The molecule has 1 aliphatic rings. The van der Waals surface area contributed by atoms with E-state index in [1.54, 1.807) is 6.07 Å². The first-order chi connectivity index (χ1) is 10.1. The lowest BCUT2D eigenvalue weighted by atomic mass is 10.1. The average Bonchev–Trinajstić information content (AvgIpc) is 2.95. The van der Waals surface area contributed by atoms with Crippen LogP contribution in [0.15, 0.2) is 18.2 Å². The minimum absolute atomic E-state index is 0.168. The van der Waals surface area contributed by atoms with Gasteiger partial charge in [-0.15, -0.1) is 0 Å². The largest absolute Gasteiger partial charge is 0.454 e. The number of halogens is 1. The van der Waals surface area contributed by atoms with Crippen molar-refractivity contribution in [1.82, 2.24) is 9.97 Å². The monoisotopic (exact) mass is 306 g/mol. The van der Waals surface area contributed by atoms with Gasteiger partial charge in [0.1, 0.15) is 5.82 Å². The second kappa shape index (κ2) is 5.38. The van der Waals surface area contributed by atoms with Gasteiger partial charge in [0.2, 0.25) is 6.79 Å². The van der Waals surface area contributed by atoms with Crippen molar-refractivity contribution in [3.05, 3.63) is 28.9 Å². The van der Waals surface area contributed by atoms with Crippen LogP contribution in [-0.2, 0) is 0 Å². The Morgan fingerprint density at radius 3 is 2.76 bits per heavy atom. The molecule has 0 spiro atoms. The van der Waals surface area contributed by atoms with Crippen LogP contribution in [-0.4, -0.2) is 16.8 Å². The number of rotatable bonds is 3. The molecule has 0 amide bonds. The van der Waals surface area contributed by atoms with Crippen molar-refractivity contribution in [2.75, 3.05) is 12.2 Å². The first-order valence-electron chi connectivity index (χ1n) is 6.53. The fraction of sp³-hybridized carbons (Fsp3) is 0.286. The molecule has 0 radical (unpaired) electrons. The van der Waals surface area contributed by atoms with Crippen LogP contribution in [0.4, 0.5) is 5.82 Å². The third-order valence-corrected chi connectivity index (χ3v) is 3.45. The molecule has 0 saturated heterocycles. The second-order valence-corrected chi connectivity index (χ2v) is 5.40. The van der Waals surface area contributed by atoms with Gasteiger partial charge in [0, 0.05) is 17.3 Å². The van der Waals surface area contributed by atoms with Crippen LogP contribution in [0.5, 0.6) is 11.5 Å². The number of hydrazine groups is 1. The minimum atomic E-state index is 0.168. The summed E-state index contributed by atoms with van der Waals surface area (Å²) in [6, 6.07) is 5.39. The average molecular weight is 307 g/mol. The summed E-state index contributed by atoms with van der Waals surface area (Å²) in [6.07, 6.45) is 0. The third-order valence-electron chi connectivity index (χ3n) is 3.17. The van der Waals surface area contributed by atoms with Gasteiger partial charge in [-0.05, 0) is 18.1 Å². The third kappa shape index (κ3) is 2.59. The summed E-state index contributed by atoms with van der Waals surface area (Å²) < 4.78 is 10.7. The number of anilines is 1. The Morgan fingerprint density at radius 1 is 1.24 bits per heavy atom. The first kappa shape index (κ1) is 13.9. The highest BCUT2D eigenvalue weighted by molar-refractivity contribution is 6.32. The first-order valence-corrected chi connectivity index (χ1v) is 6.91. The van der Waals surface area contributed by atoms with E-state index in [-0.39, 0.29) is 12.7 Å².